The van der Waals surface area contributed by atoms with Gasteiger partial charge in [-0.15, -0.1) is 0 Å². The predicted octanol–water partition coefficient (Wildman–Crippen LogP) is 3.96. The molecule has 0 aliphatic rings. The van der Waals surface area contributed by atoms with Gasteiger partial charge in [0.1, 0.15) is 5.82 Å². The van der Waals surface area contributed by atoms with Crippen LogP contribution in [0.2, 0.25) is 0 Å². The molecule has 4 heteroatoms. The van der Waals surface area contributed by atoms with Crippen LogP contribution in [0.3, 0.4) is 0 Å². The molecule has 2 aromatic heterocycles. The Balaban J connectivity index is 1.94. The van der Waals surface area contributed by atoms with Gasteiger partial charge in [-0.25, -0.2) is 4.39 Å². The molecule has 3 aromatic rings. The number of nitrogens with one attached hydrogen (secondary N) is 1. The van der Waals surface area contributed by atoms with Crippen LogP contribution in [-0.2, 0) is 6.54 Å². The number of anilines is 1. The summed E-state index contributed by atoms with van der Waals surface area (Å²) in [6.07, 6.45) is 1.84. The zero-order valence-corrected chi connectivity index (χ0v) is 12.4. The Morgan fingerprint density at radius 2 is 1.86 bits per heavy atom. The lowest BCUT2D eigenvalue weighted by Crippen LogP contribution is -2.17. The van der Waals surface area contributed by atoms with Gasteiger partial charge in [-0.2, -0.15) is 0 Å². The number of halogens is 1. The number of aryl methyl sites for hydroxylation is 2. The van der Waals surface area contributed by atoms with E-state index in [2.05, 4.69) is 28.7 Å². The molecular weight excluding hydrogens is 265 g/mol. The van der Waals surface area contributed by atoms with E-state index >= 15 is 0 Å². The molecule has 0 fully saturated rings. The molecule has 0 saturated heterocycles. The van der Waals surface area contributed by atoms with Gasteiger partial charge in [-0.3, -0.25) is 4.98 Å². The van der Waals surface area contributed by atoms with Gasteiger partial charge in [0.15, 0.2) is 0 Å². The van der Waals surface area contributed by atoms with E-state index in [4.69, 9.17) is 0 Å². The molecule has 2 heterocycles. The molecule has 0 spiro atoms. The van der Waals surface area contributed by atoms with Crippen molar-refractivity contribution >= 4 is 16.6 Å². The van der Waals surface area contributed by atoms with Crippen LogP contribution in [0.5, 0.6) is 0 Å². The van der Waals surface area contributed by atoms with E-state index in [-0.39, 0.29) is 5.82 Å². The summed E-state index contributed by atoms with van der Waals surface area (Å²) < 4.78 is 13.0. The van der Waals surface area contributed by atoms with Crippen LogP contribution in [0.1, 0.15) is 17.0 Å². The average molecular weight is 283 g/mol. The largest absolute Gasteiger partial charge is 0.369 e. The number of fused-ring (bicyclic) bond motifs is 1. The minimum Gasteiger partial charge on any atom is -0.369 e. The van der Waals surface area contributed by atoms with E-state index in [0.717, 1.165) is 16.9 Å². The Bertz CT molecular complexity index is 775. The van der Waals surface area contributed by atoms with E-state index in [9.17, 15) is 4.39 Å². The summed E-state index contributed by atoms with van der Waals surface area (Å²) >= 11 is 0. The van der Waals surface area contributed by atoms with Crippen molar-refractivity contribution in [3.05, 3.63) is 59.3 Å². The summed E-state index contributed by atoms with van der Waals surface area (Å²) in [7, 11) is 1.98. The maximum atomic E-state index is 13.0. The smallest absolute Gasteiger partial charge is 0.123 e. The van der Waals surface area contributed by atoms with Gasteiger partial charge < -0.3 is 9.88 Å². The maximum absolute atomic E-state index is 13.0. The third-order valence-electron chi connectivity index (χ3n) is 3.96. The molecule has 1 N–H and O–H groups in total. The first-order chi connectivity index (χ1) is 10.1. The maximum Gasteiger partial charge on any atom is 0.123 e. The highest BCUT2D eigenvalue weighted by molar-refractivity contribution is 5.86. The van der Waals surface area contributed by atoms with Crippen LogP contribution in [0.4, 0.5) is 10.1 Å². The summed E-state index contributed by atoms with van der Waals surface area (Å²) in [5, 5.41) is 1.21. The quantitative estimate of drug-likeness (QED) is 0.789. The Morgan fingerprint density at radius 1 is 1.14 bits per heavy atom. The van der Waals surface area contributed by atoms with E-state index in [0.29, 0.717) is 6.54 Å². The van der Waals surface area contributed by atoms with E-state index in [1.807, 2.05) is 19.3 Å². The number of nitrogens with zero attached hydrogens (tertiary/aromatic N) is 2. The molecule has 0 aliphatic carbocycles. The third kappa shape index (κ3) is 2.49. The second kappa shape index (κ2) is 5.20. The number of H-pyrrole nitrogens is 1. The zero-order valence-electron chi connectivity index (χ0n) is 12.4. The molecule has 1 aromatic carbocycles. The minimum atomic E-state index is -0.219. The van der Waals surface area contributed by atoms with Gasteiger partial charge >= 0.3 is 0 Å². The van der Waals surface area contributed by atoms with E-state index in [1.165, 1.54) is 28.8 Å². The van der Waals surface area contributed by atoms with Crippen molar-refractivity contribution in [1.82, 2.24) is 9.97 Å². The monoisotopic (exact) mass is 283 g/mol. The zero-order chi connectivity index (χ0) is 15.0. The molecule has 0 unspecified atom stereocenters. The lowest BCUT2D eigenvalue weighted by molar-refractivity contribution is 0.627. The van der Waals surface area contributed by atoms with Gasteiger partial charge in [0, 0.05) is 30.0 Å². The molecule has 0 radical (unpaired) electrons. The summed E-state index contributed by atoms with van der Waals surface area (Å²) in [6, 6.07) is 8.54. The molecule has 0 atom stereocenters. The van der Waals surface area contributed by atoms with Crippen molar-refractivity contribution in [2.45, 2.75) is 20.4 Å². The fourth-order valence-corrected chi connectivity index (χ4v) is 2.57. The third-order valence-corrected chi connectivity index (χ3v) is 3.96. The number of hydrogen-bond donors (Lipinski definition) is 1. The number of benzene rings is 1. The van der Waals surface area contributed by atoms with Crippen LogP contribution in [0.25, 0.3) is 10.9 Å². The van der Waals surface area contributed by atoms with Gasteiger partial charge in [0.05, 0.1) is 17.8 Å². The van der Waals surface area contributed by atoms with Crippen LogP contribution < -0.4 is 4.90 Å². The van der Waals surface area contributed by atoms with Crippen LogP contribution in [-0.4, -0.2) is 17.0 Å². The van der Waals surface area contributed by atoms with Crippen LogP contribution in [0.15, 0.2) is 36.5 Å². The van der Waals surface area contributed by atoms with Gasteiger partial charge in [0.2, 0.25) is 0 Å². The van der Waals surface area contributed by atoms with Gasteiger partial charge in [-0.05, 0) is 49.7 Å². The topological polar surface area (TPSA) is 31.9 Å². The van der Waals surface area contributed by atoms with E-state index in [1.54, 1.807) is 12.1 Å². The van der Waals surface area contributed by atoms with Crippen LogP contribution >= 0.6 is 0 Å². The SMILES string of the molecule is Cc1[nH]c2c(CN(C)c3ccc(F)cc3)nccc2c1C. The summed E-state index contributed by atoms with van der Waals surface area (Å²) in [5.41, 5.74) is 5.48. The summed E-state index contributed by atoms with van der Waals surface area (Å²) in [6.45, 7) is 4.85. The molecule has 3 nitrogen and oxygen atoms in total. The number of rotatable bonds is 3. The molecule has 0 amide bonds. The molecule has 108 valence electrons. The fourth-order valence-electron chi connectivity index (χ4n) is 2.57. The highest BCUT2D eigenvalue weighted by Gasteiger charge is 2.11. The highest BCUT2D eigenvalue weighted by atomic mass is 19.1. The number of hydrogen-bond acceptors (Lipinski definition) is 2. The van der Waals surface area contributed by atoms with Gasteiger partial charge in [0.25, 0.3) is 0 Å². The average Bonchev–Trinajstić information content (AvgIpc) is 2.77. The van der Waals surface area contributed by atoms with Crippen molar-refractivity contribution < 1.29 is 4.39 Å². The highest BCUT2D eigenvalue weighted by Crippen LogP contribution is 2.24. The molecule has 0 aliphatic heterocycles. The second-order valence-electron chi connectivity index (χ2n) is 5.39. The number of pyridine rings is 1. The standard InChI is InChI=1S/C17H18FN3/c1-11-12(2)20-17-15(11)8-9-19-16(17)10-21(3)14-6-4-13(18)5-7-14/h4-9,20H,10H2,1-3H3. The number of aromatic amines is 1. The van der Waals surface area contributed by atoms with Crippen molar-refractivity contribution in [3.63, 3.8) is 0 Å². The first kappa shape index (κ1) is 13.6. The van der Waals surface area contributed by atoms with Crippen molar-refractivity contribution in [1.29, 1.82) is 0 Å². The summed E-state index contributed by atoms with van der Waals surface area (Å²) in [4.78, 5) is 9.97. The van der Waals surface area contributed by atoms with Crippen molar-refractivity contribution in [2.24, 2.45) is 0 Å². The molecule has 0 saturated carbocycles. The lowest BCUT2D eigenvalue weighted by Gasteiger charge is -2.19. The second-order valence-corrected chi connectivity index (χ2v) is 5.39. The predicted molar refractivity (Wildman–Crippen MR) is 84.1 cm³/mol. The Kier molecular flexibility index (Phi) is 3.37. The normalized spacial score (nSPS) is 11.0. The van der Waals surface area contributed by atoms with Crippen LogP contribution in [0, 0.1) is 19.7 Å². The Labute approximate surface area is 123 Å². The van der Waals surface area contributed by atoms with E-state index < -0.39 is 0 Å². The Hall–Kier alpha value is -2.36. The molecule has 3 rings (SSSR count). The first-order valence-electron chi connectivity index (χ1n) is 6.95. The molecule has 21 heavy (non-hydrogen) atoms. The Morgan fingerprint density at radius 3 is 2.57 bits per heavy atom. The van der Waals surface area contributed by atoms with Crippen molar-refractivity contribution in [3.8, 4) is 0 Å². The number of aromatic nitrogens is 2. The first-order valence-corrected chi connectivity index (χ1v) is 6.95. The van der Waals surface area contributed by atoms with Gasteiger partial charge in [-0.1, -0.05) is 0 Å². The molecular formula is C17H18FN3. The molecule has 0 bridgehead atoms. The summed E-state index contributed by atoms with van der Waals surface area (Å²) in [5.74, 6) is -0.219. The minimum absolute atomic E-state index is 0.219. The fraction of sp³-hybridized carbons (Fsp3) is 0.235. The lowest BCUT2D eigenvalue weighted by atomic mass is 10.1. The van der Waals surface area contributed by atoms with Crippen molar-refractivity contribution in [2.75, 3.05) is 11.9 Å².